The number of carbonyl (C=O) groups is 1. The van der Waals surface area contributed by atoms with Crippen molar-refractivity contribution in [3.63, 3.8) is 0 Å². The van der Waals surface area contributed by atoms with Crippen LogP contribution in [0.15, 0.2) is 45.6 Å². The second kappa shape index (κ2) is 5.76. The zero-order chi connectivity index (χ0) is 16.6. The van der Waals surface area contributed by atoms with E-state index in [0.717, 1.165) is 22.4 Å². The van der Waals surface area contributed by atoms with E-state index in [0.29, 0.717) is 11.1 Å². The lowest BCUT2D eigenvalue weighted by Crippen LogP contribution is -2.25. The number of aromatic nitrogens is 1. The Bertz CT molecular complexity index is 927. The fourth-order valence-electron chi connectivity index (χ4n) is 2.86. The third-order valence-corrected chi connectivity index (χ3v) is 3.82. The molecule has 0 fully saturated rings. The molecule has 0 radical (unpaired) electrons. The van der Waals surface area contributed by atoms with Crippen LogP contribution in [0.5, 0.6) is 0 Å². The Morgan fingerprint density at radius 2 is 1.78 bits per heavy atom. The number of aryl methyl sites for hydroxylation is 3. The summed E-state index contributed by atoms with van der Waals surface area (Å²) in [4.78, 5) is 24.3. The predicted octanol–water partition coefficient (Wildman–Crippen LogP) is 3.16. The summed E-state index contributed by atoms with van der Waals surface area (Å²) in [5.74, 6) is -0.785. The fraction of sp³-hybridized carbons (Fsp3) is 0.222. The normalized spacial score (nSPS) is 10.9. The number of amides is 1. The second-order valence-electron chi connectivity index (χ2n) is 5.74. The predicted molar refractivity (Wildman–Crippen MR) is 89.8 cm³/mol. The second-order valence-corrected chi connectivity index (χ2v) is 5.74. The van der Waals surface area contributed by atoms with E-state index in [1.165, 1.54) is 4.57 Å². The number of rotatable bonds is 3. The molecule has 0 spiro atoms. The van der Waals surface area contributed by atoms with Gasteiger partial charge in [-0.3, -0.25) is 9.36 Å². The van der Waals surface area contributed by atoms with E-state index in [1.807, 2.05) is 32.9 Å². The number of para-hydroxylation sites is 2. The van der Waals surface area contributed by atoms with Gasteiger partial charge in [-0.05, 0) is 44.0 Å². The average molecular weight is 310 g/mol. The van der Waals surface area contributed by atoms with Crippen molar-refractivity contribution in [2.45, 2.75) is 27.3 Å². The lowest BCUT2D eigenvalue weighted by molar-refractivity contribution is -0.116. The van der Waals surface area contributed by atoms with Gasteiger partial charge in [0.2, 0.25) is 5.91 Å². The van der Waals surface area contributed by atoms with Crippen LogP contribution in [0.3, 0.4) is 0 Å². The summed E-state index contributed by atoms with van der Waals surface area (Å²) in [7, 11) is 0. The minimum absolute atomic E-state index is 0.0808. The highest BCUT2D eigenvalue weighted by Gasteiger charge is 2.14. The summed E-state index contributed by atoms with van der Waals surface area (Å²) in [6.07, 6.45) is 0. The number of hydrogen-bond acceptors (Lipinski definition) is 3. The quantitative estimate of drug-likeness (QED) is 0.808. The van der Waals surface area contributed by atoms with Crippen molar-refractivity contribution < 1.29 is 9.21 Å². The van der Waals surface area contributed by atoms with Crippen molar-refractivity contribution in [3.05, 3.63) is 63.6 Å². The number of nitrogens with zero attached hydrogens (tertiary/aromatic N) is 1. The van der Waals surface area contributed by atoms with Crippen LogP contribution in [0.4, 0.5) is 5.69 Å². The van der Waals surface area contributed by atoms with E-state index in [4.69, 9.17) is 4.42 Å². The molecule has 0 atom stereocenters. The summed E-state index contributed by atoms with van der Waals surface area (Å²) in [5.41, 5.74) is 5.04. The van der Waals surface area contributed by atoms with Crippen LogP contribution in [-0.4, -0.2) is 10.5 Å². The molecule has 1 amide bonds. The molecule has 0 aliphatic rings. The smallest absolute Gasteiger partial charge is 0.408 e. The molecule has 0 saturated carbocycles. The highest BCUT2D eigenvalue weighted by atomic mass is 16.4. The van der Waals surface area contributed by atoms with E-state index in [2.05, 4.69) is 5.32 Å². The lowest BCUT2D eigenvalue weighted by atomic mass is 10.1. The lowest BCUT2D eigenvalue weighted by Gasteiger charge is -2.13. The van der Waals surface area contributed by atoms with Gasteiger partial charge < -0.3 is 9.73 Å². The Balaban J connectivity index is 1.88. The van der Waals surface area contributed by atoms with Crippen molar-refractivity contribution in [1.82, 2.24) is 4.57 Å². The first-order valence-electron chi connectivity index (χ1n) is 7.42. The molecule has 118 valence electrons. The summed E-state index contributed by atoms with van der Waals surface area (Å²) in [5, 5.41) is 2.90. The molecule has 2 aromatic carbocycles. The van der Waals surface area contributed by atoms with Crippen LogP contribution in [0, 0.1) is 20.8 Å². The topological polar surface area (TPSA) is 64.2 Å². The van der Waals surface area contributed by atoms with Crippen molar-refractivity contribution in [1.29, 1.82) is 0 Å². The zero-order valence-electron chi connectivity index (χ0n) is 13.3. The van der Waals surface area contributed by atoms with Gasteiger partial charge in [-0.25, -0.2) is 4.79 Å². The fourth-order valence-corrected chi connectivity index (χ4v) is 2.86. The SMILES string of the molecule is Cc1cc(C)c(NC(=O)Cn2c(=O)oc3ccccc32)c(C)c1. The van der Waals surface area contributed by atoms with Crippen LogP contribution < -0.4 is 11.1 Å². The molecule has 0 aliphatic heterocycles. The Morgan fingerprint density at radius 3 is 2.48 bits per heavy atom. The van der Waals surface area contributed by atoms with Gasteiger partial charge in [-0.15, -0.1) is 0 Å². The van der Waals surface area contributed by atoms with Gasteiger partial charge in [-0.2, -0.15) is 0 Å². The summed E-state index contributed by atoms with van der Waals surface area (Å²) in [6, 6.07) is 11.1. The molecule has 1 N–H and O–H groups in total. The first-order chi connectivity index (χ1) is 11.0. The monoisotopic (exact) mass is 310 g/mol. The first-order valence-corrected chi connectivity index (χ1v) is 7.42. The van der Waals surface area contributed by atoms with Gasteiger partial charge in [0.05, 0.1) is 5.52 Å². The first kappa shape index (κ1) is 15.1. The molecule has 1 aromatic heterocycles. The van der Waals surface area contributed by atoms with Crippen molar-refractivity contribution in [2.75, 3.05) is 5.32 Å². The molecule has 23 heavy (non-hydrogen) atoms. The minimum atomic E-state index is -0.529. The highest BCUT2D eigenvalue weighted by molar-refractivity contribution is 5.93. The van der Waals surface area contributed by atoms with Crippen LogP contribution in [0.2, 0.25) is 0 Å². The maximum absolute atomic E-state index is 12.4. The molecule has 0 saturated heterocycles. The van der Waals surface area contributed by atoms with Gasteiger partial charge in [0.25, 0.3) is 0 Å². The van der Waals surface area contributed by atoms with E-state index in [-0.39, 0.29) is 12.5 Å². The zero-order valence-corrected chi connectivity index (χ0v) is 13.3. The number of benzene rings is 2. The van der Waals surface area contributed by atoms with Gasteiger partial charge in [0.1, 0.15) is 6.54 Å². The van der Waals surface area contributed by atoms with Crippen LogP contribution in [0.25, 0.3) is 11.1 Å². The van der Waals surface area contributed by atoms with Gasteiger partial charge in [0.15, 0.2) is 5.58 Å². The van der Waals surface area contributed by atoms with E-state index in [9.17, 15) is 9.59 Å². The van der Waals surface area contributed by atoms with Crippen LogP contribution in [-0.2, 0) is 11.3 Å². The third kappa shape index (κ3) is 2.90. The summed E-state index contributed by atoms with van der Waals surface area (Å²) >= 11 is 0. The van der Waals surface area contributed by atoms with Crippen LogP contribution in [0.1, 0.15) is 16.7 Å². The third-order valence-electron chi connectivity index (χ3n) is 3.82. The molecule has 0 bridgehead atoms. The molecule has 3 aromatic rings. The Labute approximate surface area is 133 Å². The number of oxazole rings is 1. The van der Waals surface area contributed by atoms with Crippen molar-refractivity contribution >= 4 is 22.7 Å². The molecule has 1 heterocycles. The number of anilines is 1. The number of nitrogens with one attached hydrogen (secondary N) is 1. The molecule has 0 unspecified atom stereocenters. The Kier molecular flexibility index (Phi) is 3.78. The average Bonchev–Trinajstić information content (AvgIpc) is 2.79. The standard InChI is InChI=1S/C18H18N2O3/c1-11-8-12(2)17(13(3)9-11)19-16(21)10-20-14-6-4-5-7-15(14)23-18(20)22/h4-9H,10H2,1-3H3,(H,19,21). The maximum Gasteiger partial charge on any atom is 0.420 e. The molecule has 0 aliphatic carbocycles. The molecule has 5 heteroatoms. The van der Waals surface area contributed by atoms with E-state index < -0.39 is 5.76 Å². The van der Waals surface area contributed by atoms with E-state index in [1.54, 1.807) is 24.3 Å². The van der Waals surface area contributed by atoms with Crippen LogP contribution >= 0.6 is 0 Å². The van der Waals surface area contributed by atoms with Gasteiger partial charge >= 0.3 is 5.76 Å². The van der Waals surface area contributed by atoms with Crippen molar-refractivity contribution in [2.24, 2.45) is 0 Å². The number of carbonyl (C=O) groups excluding carboxylic acids is 1. The number of fused-ring (bicyclic) bond motifs is 1. The molecule has 3 rings (SSSR count). The Morgan fingerprint density at radius 1 is 1.13 bits per heavy atom. The largest absolute Gasteiger partial charge is 0.420 e. The highest BCUT2D eigenvalue weighted by Crippen LogP contribution is 2.22. The molecule has 5 nitrogen and oxygen atoms in total. The van der Waals surface area contributed by atoms with E-state index >= 15 is 0 Å². The summed E-state index contributed by atoms with van der Waals surface area (Å²) in [6.45, 7) is 5.84. The molecular formula is C18H18N2O3. The maximum atomic E-state index is 12.4. The van der Waals surface area contributed by atoms with Gasteiger partial charge in [-0.1, -0.05) is 29.8 Å². The summed E-state index contributed by atoms with van der Waals surface area (Å²) < 4.78 is 6.48. The number of hydrogen-bond donors (Lipinski definition) is 1. The minimum Gasteiger partial charge on any atom is -0.408 e. The Hall–Kier alpha value is -2.82. The van der Waals surface area contributed by atoms with Gasteiger partial charge in [0, 0.05) is 5.69 Å². The molecular weight excluding hydrogens is 292 g/mol. The van der Waals surface area contributed by atoms with Crippen molar-refractivity contribution in [3.8, 4) is 0 Å².